The van der Waals surface area contributed by atoms with E-state index in [0.29, 0.717) is 22.7 Å². The van der Waals surface area contributed by atoms with E-state index >= 15 is 0 Å². The molecule has 0 spiro atoms. The molecule has 0 aliphatic rings. The first-order valence-electron chi connectivity index (χ1n) is 13.0. The molecule has 0 radical (unpaired) electrons. The summed E-state index contributed by atoms with van der Waals surface area (Å²) in [5.74, 6) is -0.226. The third-order valence-electron chi connectivity index (χ3n) is 6.00. The molecule has 44 heavy (non-hydrogen) atoms. The van der Waals surface area contributed by atoms with Gasteiger partial charge in [0, 0.05) is 6.07 Å². The number of anilines is 2. The molecular weight excluding hydrogens is 590 g/mol. The summed E-state index contributed by atoms with van der Waals surface area (Å²) in [5, 5.41) is 18.1. The summed E-state index contributed by atoms with van der Waals surface area (Å²) in [6, 6.07) is 26.1. The van der Waals surface area contributed by atoms with Crippen molar-refractivity contribution in [1.82, 2.24) is 5.43 Å². The Morgan fingerprint density at radius 2 is 1.57 bits per heavy atom. The van der Waals surface area contributed by atoms with Gasteiger partial charge in [-0.15, -0.1) is 0 Å². The van der Waals surface area contributed by atoms with E-state index < -0.39 is 38.0 Å². The fourth-order valence-corrected chi connectivity index (χ4v) is 5.51. The van der Waals surface area contributed by atoms with Crippen LogP contribution in [0.15, 0.2) is 113 Å². The summed E-state index contributed by atoms with van der Waals surface area (Å²) >= 11 is 0. The lowest BCUT2D eigenvalue weighted by molar-refractivity contribution is -0.387. The van der Waals surface area contributed by atoms with Crippen LogP contribution in [-0.2, 0) is 19.6 Å². The van der Waals surface area contributed by atoms with E-state index in [2.05, 4.69) is 15.8 Å². The number of hydrogen-bond donors (Lipinski definition) is 2. The molecule has 0 fully saturated rings. The Labute approximate surface area is 252 Å². The number of nitrogens with one attached hydrogen (secondary N) is 2. The van der Waals surface area contributed by atoms with Crippen LogP contribution in [0.3, 0.4) is 0 Å². The fraction of sp³-hybridized carbons (Fsp3) is 0.100. The zero-order valence-corrected chi connectivity index (χ0v) is 24.1. The van der Waals surface area contributed by atoms with Gasteiger partial charge in [-0.2, -0.15) is 5.10 Å². The molecule has 0 atom stereocenters. The van der Waals surface area contributed by atoms with E-state index in [0.717, 1.165) is 16.4 Å². The van der Waals surface area contributed by atoms with Crippen LogP contribution in [0.4, 0.5) is 17.1 Å². The van der Waals surface area contributed by atoms with Crippen LogP contribution in [0.1, 0.15) is 5.56 Å². The molecule has 0 bridgehead atoms. The van der Waals surface area contributed by atoms with E-state index in [1.54, 1.807) is 66.7 Å². The molecule has 2 N–H and O–H groups in total. The number of nitro benzene ring substituents is 1. The largest absolute Gasteiger partial charge is 0.495 e. The van der Waals surface area contributed by atoms with Gasteiger partial charge in [-0.1, -0.05) is 42.5 Å². The van der Waals surface area contributed by atoms with Gasteiger partial charge < -0.3 is 14.8 Å². The summed E-state index contributed by atoms with van der Waals surface area (Å²) < 4.78 is 38.5. The van der Waals surface area contributed by atoms with Gasteiger partial charge in [-0.25, -0.2) is 13.8 Å². The third kappa shape index (κ3) is 7.95. The van der Waals surface area contributed by atoms with Crippen molar-refractivity contribution >= 4 is 45.1 Å². The van der Waals surface area contributed by atoms with Crippen LogP contribution >= 0.6 is 0 Å². The van der Waals surface area contributed by atoms with Crippen LogP contribution in [0.25, 0.3) is 0 Å². The van der Waals surface area contributed by atoms with E-state index in [4.69, 9.17) is 9.47 Å². The van der Waals surface area contributed by atoms with Gasteiger partial charge in [0.15, 0.2) is 11.5 Å². The number of carbonyl (C=O) groups is 2. The van der Waals surface area contributed by atoms with Crippen molar-refractivity contribution in [2.45, 2.75) is 4.90 Å². The van der Waals surface area contributed by atoms with Gasteiger partial charge in [0.2, 0.25) is 0 Å². The zero-order valence-electron chi connectivity index (χ0n) is 23.3. The fourth-order valence-electron chi connectivity index (χ4n) is 3.93. The first kappa shape index (κ1) is 31.2. The number of nitrogens with zero attached hydrogens (tertiary/aromatic N) is 3. The van der Waals surface area contributed by atoms with Crippen molar-refractivity contribution in [3.63, 3.8) is 0 Å². The lowest BCUT2D eigenvalue weighted by Crippen LogP contribution is -2.39. The molecule has 0 aliphatic heterocycles. The molecule has 4 aromatic rings. The molecule has 0 saturated heterocycles. The highest BCUT2D eigenvalue weighted by Crippen LogP contribution is 2.29. The number of carbonyl (C=O) groups excluding carboxylic acids is 2. The molecule has 0 aromatic heterocycles. The molecule has 0 unspecified atom stereocenters. The van der Waals surface area contributed by atoms with Crippen LogP contribution < -0.4 is 24.5 Å². The summed E-state index contributed by atoms with van der Waals surface area (Å²) in [6.45, 7) is -0.937. The van der Waals surface area contributed by atoms with Crippen molar-refractivity contribution in [2.75, 3.05) is 29.9 Å². The van der Waals surface area contributed by atoms with Crippen molar-refractivity contribution in [3.8, 4) is 11.5 Å². The number of hydrazone groups is 1. The van der Waals surface area contributed by atoms with Crippen LogP contribution in [0, 0.1) is 10.1 Å². The molecule has 13 nitrogen and oxygen atoms in total. The smallest absolute Gasteiger partial charge is 0.289 e. The lowest BCUT2D eigenvalue weighted by atomic mass is 10.2. The number of benzene rings is 4. The Balaban J connectivity index is 1.37. The average Bonchev–Trinajstić information content (AvgIpc) is 3.04. The Hall–Kier alpha value is -5.76. The summed E-state index contributed by atoms with van der Waals surface area (Å²) in [4.78, 5) is 35.2. The molecule has 4 aromatic carbocycles. The number of nitro groups is 1. The second-order valence-electron chi connectivity index (χ2n) is 8.97. The molecule has 2 amide bonds. The normalized spacial score (nSPS) is 11.0. The first-order chi connectivity index (χ1) is 21.2. The van der Waals surface area contributed by atoms with Crippen molar-refractivity contribution in [2.24, 2.45) is 5.10 Å². The maximum atomic E-state index is 13.5. The molecule has 4 rings (SSSR count). The quantitative estimate of drug-likeness (QED) is 0.129. The summed E-state index contributed by atoms with van der Waals surface area (Å²) in [7, 11) is -3.01. The van der Waals surface area contributed by atoms with Gasteiger partial charge in [-0.05, 0) is 60.2 Å². The maximum absolute atomic E-state index is 13.5. The highest BCUT2D eigenvalue weighted by atomic mass is 32.2. The number of hydrogen-bond acceptors (Lipinski definition) is 9. The van der Waals surface area contributed by atoms with Gasteiger partial charge in [0.25, 0.3) is 27.5 Å². The van der Waals surface area contributed by atoms with Crippen molar-refractivity contribution < 1.29 is 32.4 Å². The molecule has 14 heteroatoms. The summed E-state index contributed by atoms with van der Waals surface area (Å²) in [6.07, 6.45) is 1.33. The minimum absolute atomic E-state index is 0.136. The Morgan fingerprint density at radius 1 is 0.909 bits per heavy atom. The molecular formula is C30H27N5O8S. The Bertz CT molecular complexity index is 1760. The molecule has 0 heterocycles. The van der Waals surface area contributed by atoms with E-state index in [1.165, 1.54) is 37.6 Å². The minimum Gasteiger partial charge on any atom is -0.495 e. The highest BCUT2D eigenvalue weighted by molar-refractivity contribution is 7.93. The van der Waals surface area contributed by atoms with Crippen LogP contribution in [0.2, 0.25) is 0 Å². The third-order valence-corrected chi connectivity index (χ3v) is 7.82. The molecule has 0 aliphatic carbocycles. The number of sulfonamides is 1. The second-order valence-corrected chi connectivity index (χ2v) is 10.8. The first-order valence-corrected chi connectivity index (χ1v) is 14.4. The minimum atomic E-state index is -4.51. The van der Waals surface area contributed by atoms with Crippen molar-refractivity contribution in [1.29, 1.82) is 0 Å². The zero-order chi connectivity index (χ0) is 31.5. The highest BCUT2D eigenvalue weighted by Gasteiger charge is 2.33. The van der Waals surface area contributed by atoms with Crippen molar-refractivity contribution in [3.05, 3.63) is 119 Å². The topological polar surface area (TPSA) is 170 Å². The van der Waals surface area contributed by atoms with Crippen LogP contribution in [-0.4, -0.2) is 51.6 Å². The summed E-state index contributed by atoms with van der Waals surface area (Å²) in [5.41, 5.74) is 2.89. The van der Waals surface area contributed by atoms with E-state index in [1.807, 2.05) is 0 Å². The molecule has 0 saturated carbocycles. The SMILES string of the molecule is COc1ccccc1NC(=O)COc1ccc(/C=N\NC(=O)CN(c2ccccc2)S(=O)(=O)c2ccccc2[N+](=O)[O-])cc1. The number of amides is 2. The second kappa shape index (κ2) is 14.4. The predicted octanol–water partition coefficient (Wildman–Crippen LogP) is 3.97. The predicted molar refractivity (Wildman–Crippen MR) is 163 cm³/mol. The van der Waals surface area contributed by atoms with Gasteiger partial charge >= 0.3 is 0 Å². The number of para-hydroxylation sites is 4. The van der Waals surface area contributed by atoms with Crippen LogP contribution in [0.5, 0.6) is 11.5 Å². The number of ether oxygens (including phenoxy) is 2. The van der Waals surface area contributed by atoms with E-state index in [9.17, 15) is 28.1 Å². The number of methoxy groups -OCH3 is 1. The monoisotopic (exact) mass is 617 g/mol. The van der Waals surface area contributed by atoms with Gasteiger partial charge in [0.05, 0.1) is 29.6 Å². The average molecular weight is 618 g/mol. The van der Waals surface area contributed by atoms with Gasteiger partial charge in [-0.3, -0.25) is 24.0 Å². The lowest BCUT2D eigenvalue weighted by Gasteiger charge is -2.23. The standard InChI is InChI=1S/C30H27N5O8S/c1-42-27-13-7-5-11-25(27)32-30(37)21-43-24-17-15-22(16-18-24)19-31-33-29(36)20-34(23-9-3-2-4-10-23)44(40,41)28-14-8-6-12-26(28)35(38)39/h2-19H,20-21H2,1H3,(H,32,37)(H,33,36)/b31-19-. The Kier molecular flexibility index (Phi) is 10.2. The van der Waals surface area contributed by atoms with E-state index in [-0.39, 0.29) is 18.2 Å². The molecule has 226 valence electrons. The Morgan fingerprint density at radius 3 is 2.27 bits per heavy atom. The maximum Gasteiger partial charge on any atom is 0.289 e. The van der Waals surface area contributed by atoms with Gasteiger partial charge in [0.1, 0.15) is 18.0 Å². The number of rotatable bonds is 13.